The molecule has 0 aliphatic heterocycles. The van der Waals surface area contributed by atoms with Gasteiger partial charge in [-0.25, -0.2) is 0 Å². The molecule has 1 aromatic rings. The maximum absolute atomic E-state index is 6.17. The van der Waals surface area contributed by atoms with Crippen molar-refractivity contribution in [1.29, 1.82) is 0 Å². The van der Waals surface area contributed by atoms with Gasteiger partial charge in [0.05, 0.1) is 0 Å². The lowest BCUT2D eigenvalue weighted by molar-refractivity contribution is 0.0720. The van der Waals surface area contributed by atoms with Crippen LogP contribution in [0.5, 0.6) is 0 Å². The zero-order valence-electron chi connectivity index (χ0n) is 12.9. The Morgan fingerprint density at radius 2 is 1.58 bits per heavy atom. The molecule has 1 aromatic carbocycles. The molecule has 0 saturated carbocycles. The Bertz CT molecular complexity index is 328. The van der Waals surface area contributed by atoms with Gasteiger partial charge in [0, 0.05) is 18.6 Å². The largest absolute Gasteiger partial charge is 0.329 e. The van der Waals surface area contributed by atoms with Crippen LogP contribution in [0.15, 0.2) is 30.3 Å². The van der Waals surface area contributed by atoms with Gasteiger partial charge in [0.15, 0.2) is 0 Å². The number of nitrogens with two attached hydrogens (primary N) is 1. The van der Waals surface area contributed by atoms with Gasteiger partial charge in [-0.3, -0.25) is 4.90 Å². The standard InChI is InChI=1S/C17H30N2/c1-4-12-17(15-18,13-5-2)19(6-3)14-16-10-8-7-9-11-16/h7-11H,4-6,12-15,18H2,1-3H3. The highest BCUT2D eigenvalue weighted by atomic mass is 15.2. The number of hydrogen-bond donors (Lipinski definition) is 1. The smallest absolute Gasteiger partial charge is 0.0334 e. The number of rotatable bonds is 9. The van der Waals surface area contributed by atoms with Crippen LogP contribution in [-0.4, -0.2) is 23.5 Å². The third-order valence-corrected chi connectivity index (χ3v) is 4.08. The summed E-state index contributed by atoms with van der Waals surface area (Å²) in [5.74, 6) is 0. The zero-order chi connectivity index (χ0) is 14.1. The van der Waals surface area contributed by atoms with Gasteiger partial charge in [0.2, 0.25) is 0 Å². The van der Waals surface area contributed by atoms with Crippen molar-refractivity contribution in [2.75, 3.05) is 13.1 Å². The Labute approximate surface area is 119 Å². The second-order valence-corrected chi connectivity index (χ2v) is 5.43. The van der Waals surface area contributed by atoms with E-state index in [-0.39, 0.29) is 5.54 Å². The molecule has 0 amide bonds. The van der Waals surface area contributed by atoms with Gasteiger partial charge < -0.3 is 5.73 Å². The molecule has 0 aliphatic rings. The average Bonchev–Trinajstić information content (AvgIpc) is 2.45. The van der Waals surface area contributed by atoms with Crippen LogP contribution in [0.4, 0.5) is 0 Å². The minimum atomic E-state index is 0.175. The molecule has 0 spiro atoms. The SMILES string of the molecule is CCCC(CN)(CCC)N(CC)Cc1ccccc1. The van der Waals surface area contributed by atoms with Crippen molar-refractivity contribution in [3.8, 4) is 0 Å². The van der Waals surface area contributed by atoms with Gasteiger partial charge in [0.1, 0.15) is 0 Å². The van der Waals surface area contributed by atoms with Crippen molar-refractivity contribution in [3.05, 3.63) is 35.9 Å². The Morgan fingerprint density at radius 1 is 1.00 bits per heavy atom. The maximum atomic E-state index is 6.17. The van der Waals surface area contributed by atoms with Gasteiger partial charge in [-0.15, -0.1) is 0 Å². The Hall–Kier alpha value is -0.860. The van der Waals surface area contributed by atoms with Crippen molar-refractivity contribution in [2.45, 2.75) is 58.5 Å². The van der Waals surface area contributed by atoms with E-state index in [0.717, 1.165) is 19.6 Å². The van der Waals surface area contributed by atoms with Crippen LogP contribution in [-0.2, 0) is 6.54 Å². The van der Waals surface area contributed by atoms with E-state index in [1.807, 2.05) is 0 Å². The molecular weight excluding hydrogens is 232 g/mol. The molecule has 1 rings (SSSR count). The number of hydrogen-bond acceptors (Lipinski definition) is 2. The van der Waals surface area contributed by atoms with Crippen LogP contribution >= 0.6 is 0 Å². The molecule has 0 bridgehead atoms. The van der Waals surface area contributed by atoms with Crippen LogP contribution < -0.4 is 5.73 Å². The van der Waals surface area contributed by atoms with Crippen LogP contribution in [0, 0.1) is 0 Å². The Morgan fingerprint density at radius 3 is 2.00 bits per heavy atom. The number of nitrogens with zero attached hydrogens (tertiary/aromatic N) is 1. The first-order valence-corrected chi connectivity index (χ1v) is 7.71. The normalized spacial score (nSPS) is 12.1. The molecule has 2 N–H and O–H groups in total. The summed E-state index contributed by atoms with van der Waals surface area (Å²) in [5, 5.41) is 0. The third kappa shape index (κ3) is 4.32. The molecule has 2 nitrogen and oxygen atoms in total. The van der Waals surface area contributed by atoms with Crippen LogP contribution in [0.2, 0.25) is 0 Å². The lowest BCUT2D eigenvalue weighted by Gasteiger charge is -2.43. The first-order valence-electron chi connectivity index (χ1n) is 7.71. The summed E-state index contributed by atoms with van der Waals surface area (Å²) in [7, 11) is 0. The van der Waals surface area contributed by atoms with Crippen molar-refractivity contribution in [3.63, 3.8) is 0 Å². The third-order valence-electron chi connectivity index (χ3n) is 4.08. The maximum Gasteiger partial charge on any atom is 0.0334 e. The molecule has 0 aliphatic carbocycles. The molecular formula is C17H30N2. The quantitative estimate of drug-likeness (QED) is 0.733. The van der Waals surface area contributed by atoms with E-state index in [0.29, 0.717) is 0 Å². The van der Waals surface area contributed by atoms with Gasteiger partial charge >= 0.3 is 0 Å². The van der Waals surface area contributed by atoms with E-state index in [1.165, 1.54) is 31.2 Å². The summed E-state index contributed by atoms with van der Waals surface area (Å²) in [4.78, 5) is 2.58. The minimum Gasteiger partial charge on any atom is -0.329 e. The highest BCUT2D eigenvalue weighted by molar-refractivity contribution is 5.15. The summed E-state index contributed by atoms with van der Waals surface area (Å²) in [6.07, 6.45) is 4.78. The van der Waals surface area contributed by atoms with Gasteiger partial charge in [-0.2, -0.15) is 0 Å². The molecule has 0 fully saturated rings. The van der Waals surface area contributed by atoms with E-state index in [4.69, 9.17) is 5.73 Å². The van der Waals surface area contributed by atoms with Crippen LogP contribution in [0.3, 0.4) is 0 Å². The van der Waals surface area contributed by atoms with Gasteiger partial charge in [0.25, 0.3) is 0 Å². The second-order valence-electron chi connectivity index (χ2n) is 5.43. The van der Waals surface area contributed by atoms with E-state index in [1.54, 1.807) is 0 Å². The number of likely N-dealkylation sites (N-methyl/N-ethyl adjacent to an activating group) is 1. The fraction of sp³-hybridized carbons (Fsp3) is 0.647. The monoisotopic (exact) mass is 262 g/mol. The van der Waals surface area contributed by atoms with Gasteiger partial charge in [-0.1, -0.05) is 63.9 Å². The highest BCUT2D eigenvalue weighted by Crippen LogP contribution is 2.28. The lowest BCUT2D eigenvalue weighted by Crippen LogP contribution is -2.53. The topological polar surface area (TPSA) is 29.3 Å². The summed E-state index contributed by atoms with van der Waals surface area (Å²) >= 11 is 0. The van der Waals surface area contributed by atoms with E-state index < -0.39 is 0 Å². The first kappa shape index (κ1) is 16.2. The molecule has 0 heterocycles. The summed E-state index contributed by atoms with van der Waals surface area (Å²) in [5.41, 5.74) is 7.73. The molecule has 0 atom stereocenters. The fourth-order valence-electron chi connectivity index (χ4n) is 3.12. The Balaban J connectivity index is 2.89. The lowest BCUT2D eigenvalue weighted by atomic mass is 9.86. The van der Waals surface area contributed by atoms with E-state index >= 15 is 0 Å². The molecule has 19 heavy (non-hydrogen) atoms. The summed E-state index contributed by atoms with van der Waals surface area (Å²) < 4.78 is 0. The molecule has 108 valence electrons. The summed E-state index contributed by atoms with van der Waals surface area (Å²) in [6.45, 7) is 9.60. The van der Waals surface area contributed by atoms with E-state index in [9.17, 15) is 0 Å². The van der Waals surface area contributed by atoms with Crippen molar-refractivity contribution < 1.29 is 0 Å². The first-order chi connectivity index (χ1) is 9.22. The highest BCUT2D eigenvalue weighted by Gasteiger charge is 2.32. The number of benzene rings is 1. The Kier molecular flexibility index (Phi) is 7.11. The molecule has 0 aromatic heterocycles. The molecule has 0 unspecified atom stereocenters. The summed E-state index contributed by atoms with van der Waals surface area (Å²) in [6, 6.07) is 10.7. The molecule has 0 saturated heterocycles. The van der Waals surface area contributed by atoms with Crippen molar-refractivity contribution in [1.82, 2.24) is 4.90 Å². The van der Waals surface area contributed by atoms with Crippen LogP contribution in [0.25, 0.3) is 0 Å². The second kappa shape index (κ2) is 8.34. The molecule has 0 radical (unpaired) electrons. The minimum absolute atomic E-state index is 0.175. The van der Waals surface area contributed by atoms with Gasteiger partial charge in [-0.05, 0) is 24.9 Å². The van der Waals surface area contributed by atoms with Crippen molar-refractivity contribution in [2.24, 2.45) is 5.73 Å². The zero-order valence-corrected chi connectivity index (χ0v) is 12.9. The fourth-order valence-corrected chi connectivity index (χ4v) is 3.12. The average molecular weight is 262 g/mol. The van der Waals surface area contributed by atoms with Crippen molar-refractivity contribution >= 4 is 0 Å². The predicted molar refractivity (Wildman–Crippen MR) is 84.1 cm³/mol. The van der Waals surface area contributed by atoms with Crippen LogP contribution in [0.1, 0.15) is 52.0 Å². The predicted octanol–water partition coefficient (Wildman–Crippen LogP) is 3.81. The van der Waals surface area contributed by atoms with E-state index in [2.05, 4.69) is 56.0 Å². The molecule has 2 heteroatoms.